The van der Waals surface area contributed by atoms with E-state index in [-0.39, 0.29) is 24.0 Å². The highest BCUT2D eigenvalue weighted by Gasteiger charge is 2.14. The Balaban J connectivity index is 2.77. The minimum absolute atomic E-state index is 0.0302. The van der Waals surface area contributed by atoms with E-state index in [9.17, 15) is 18.3 Å². The largest absolute Gasteiger partial charge is 0.507 e. The van der Waals surface area contributed by atoms with Crippen LogP contribution in [0.25, 0.3) is 0 Å². The zero-order valence-electron chi connectivity index (χ0n) is 10.1. The van der Waals surface area contributed by atoms with Crippen molar-refractivity contribution in [1.29, 1.82) is 0 Å². The van der Waals surface area contributed by atoms with Gasteiger partial charge in [-0.05, 0) is 34.1 Å². The number of hydrogen-bond donors (Lipinski definition) is 1. The number of phenols is 1. The number of hydrogen-bond acceptors (Lipinski definition) is 4. The van der Waals surface area contributed by atoms with E-state index in [1.807, 2.05) is 0 Å². The first-order chi connectivity index (χ1) is 8.20. The van der Waals surface area contributed by atoms with Crippen LogP contribution in [0, 0.1) is 0 Å². The van der Waals surface area contributed by atoms with Gasteiger partial charge in [-0.3, -0.25) is 4.79 Å². The molecule has 0 aromatic heterocycles. The van der Waals surface area contributed by atoms with E-state index in [1.165, 1.54) is 18.0 Å². The second kappa shape index (κ2) is 5.71. The molecule has 0 heterocycles. The van der Waals surface area contributed by atoms with Gasteiger partial charge < -0.3 is 10.0 Å². The molecule has 0 saturated heterocycles. The van der Waals surface area contributed by atoms with Gasteiger partial charge in [0.15, 0.2) is 0 Å². The van der Waals surface area contributed by atoms with Crippen molar-refractivity contribution in [3.8, 4) is 5.75 Å². The molecule has 0 saturated carbocycles. The highest BCUT2D eigenvalue weighted by atomic mass is 79.9. The van der Waals surface area contributed by atoms with Crippen LogP contribution in [0.5, 0.6) is 5.75 Å². The lowest BCUT2D eigenvalue weighted by Gasteiger charge is -2.16. The predicted octanol–water partition coefficient (Wildman–Crippen LogP) is 1.27. The first-order valence-corrected chi connectivity index (χ1v) is 7.98. The summed E-state index contributed by atoms with van der Waals surface area (Å²) in [6.07, 6.45) is 1.12. The average Bonchev–Trinajstić information content (AvgIpc) is 2.27. The smallest absolute Gasteiger partial charge is 0.253 e. The minimum atomic E-state index is -3.10. The molecule has 0 aliphatic carbocycles. The summed E-state index contributed by atoms with van der Waals surface area (Å²) < 4.78 is 22.5. The third-order valence-corrected chi connectivity index (χ3v) is 3.93. The molecule has 0 aliphatic heterocycles. The van der Waals surface area contributed by atoms with Crippen molar-refractivity contribution < 1.29 is 18.3 Å². The summed E-state index contributed by atoms with van der Waals surface area (Å²) in [5, 5.41) is 9.48. The Hall–Kier alpha value is -1.08. The van der Waals surface area contributed by atoms with Gasteiger partial charge in [-0.2, -0.15) is 0 Å². The zero-order valence-corrected chi connectivity index (χ0v) is 12.5. The molecule has 1 aromatic rings. The maximum absolute atomic E-state index is 11.9. The van der Waals surface area contributed by atoms with Crippen molar-refractivity contribution >= 4 is 31.7 Å². The van der Waals surface area contributed by atoms with Crippen LogP contribution in [0.2, 0.25) is 0 Å². The number of nitrogens with zero attached hydrogens (tertiary/aromatic N) is 1. The van der Waals surface area contributed by atoms with E-state index in [0.717, 1.165) is 6.26 Å². The maximum atomic E-state index is 11.9. The van der Waals surface area contributed by atoms with E-state index in [2.05, 4.69) is 15.9 Å². The second-order valence-corrected chi connectivity index (χ2v) is 7.14. The lowest BCUT2D eigenvalue weighted by atomic mass is 10.2. The van der Waals surface area contributed by atoms with Crippen molar-refractivity contribution in [2.45, 2.75) is 0 Å². The molecule has 1 N–H and O–H groups in total. The number of halogens is 1. The molecule has 0 unspecified atom stereocenters. The van der Waals surface area contributed by atoms with Crippen molar-refractivity contribution in [2.24, 2.45) is 0 Å². The molecule has 18 heavy (non-hydrogen) atoms. The Bertz CT molecular complexity index is 556. The summed E-state index contributed by atoms with van der Waals surface area (Å²) in [6.45, 7) is 0.120. The number of carbonyl (C=O) groups excluding carboxylic acids is 1. The lowest BCUT2D eigenvalue weighted by Crippen LogP contribution is -2.31. The van der Waals surface area contributed by atoms with Gasteiger partial charge in [-0.25, -0.2) is 8.42 Å². The van der Waals surface area contributed by atoms with Crippen LogP contribution in [0.1, 0.15) is 10.4 Å². The number of phenolic OH excluding ortho intramolecular Hbond substituents is 1. The maximum Gasteiger partial charge on any atom is 0.253 e. The highest BCUT2D eigenvalue weighted by Crippen LogP contribution is 2.24. The fourth-order valence-corrected chi connectivity index (χ4v) is 2.12. The summed E-state index contributed by atoms with van der Waals surface area (Å²) in [6, 6.07) is 4.46. The lowest BCUT2D eigenvalue weighted by molar-refractivity contribution is 0.0803. The van der Waals surface area contributed by atoms with Crippen LogP contribution >= 0.6 is 15.9 Å². The van der Waals surface area contributed by atoms with Gasteiger partial charge in [0.05, 0.1) is 10.2 Å². The molecular weight excluding hydrogens is 322 g/mol. The van der Waals surface area contributed by atoms with Crippen molar-refractivity contribution in [3.63, 3.8) is 0 Å². The topological polar surface area (TPSA) is 74.7 Å². The zero-order chi connectivity index (χ0) is 13.9. The number of rotatable bonds is 4. The average molecular weight is 336 g/mol. The highest BCUT2D eigenvalue weighted by molar-refractivity contribution is 9.10. The Morgan fingerprint density at radius 1 is 1.44 bits per heavy atom. The molecule has 1 rings (SSSR count). The molecule has 0 radical (unpaired) electrons. The number of benzene rings is 1. The molecule has 7 heteroatoms. The van der Waals surface area contributed by atoms with E-state index in [4.69, 9.17) is 0 Å². The first kappa shape index (κ1) is 15.0. The standard InChI is InChI=1S/C11H14BrNO4S/c1-13(5-6-18(2,16)17)11(15)8-3-4-9(12)10(14)7-8/h3-4,7,14H,5-6H2,1-2H3. The number of carbonyl (C=O) groups is 1. The monoisotopic (exact) mass is 335 g/mol. The summed E-state index contributed by atoms with van der Waals surface area (Å²) in [5.74, 6) is -0.448. The van der Waals surface area contributed by atoms with Gasteiger partial charge >= 0.3 is 0 Å². The summed E-state index contributed by atoms with van der Waals surface area (Å²) in [5.41, 5.74) is 0.312. The molecule has 100 valence electrons. The predicted molar refractivity (Wildman–Crippen MR) is 72.5 cm³/mol. The molecule has 0 spiro atoms. The number of aromatic hydroxyl groups is 1. The normalized spacial score (nSPS) is 11.3. The second-order valence-electron chi connectivity index (χ2n) is 4.02. The van der Waals surface area contributed by atoms with Crippen LogP contribution in [-0.4, -0.2) is 49.9 Å². The summed E-state index contributed by atoms with van der Waals surface area (Å²) >= 11 is 3.12. The van der Waals surface area contributed by atoms with Gasteiger partial charge in [0, 0.05) is 25.4 Å². The van der Waals surface area contributed by atoms with Crippen molar-refractivity contribution in [1.82, 2.24) is 4.90 Å². The van der Waals surface area contributed by atoms with Crippen LogP contribution in [0.4, 0.5) is 0 Å². The van der Waals surface area contributed by atoms with Gasteiger partial charge in [-0.15, -0.1) is 0 Å². The summed E-state index contributed by atoms with van der Waals surface area (Å²) in [4.78, 5) is 13.2. The molecule has 0 fully saturated rings. The fraction of sp³-hybridized carbons (Fsp3) is 0.364. The number of amides is 1. The van der Waals surface area contributed by atoms with E-state index in [1.54, 1.807) is 12.1 Å². The fourth-order valence-electron chi connectivity index (χ4n) is 1.27. The molecule has 1 aromatic carbocycles. The molecule has 1 amide bonds. The van der Waals surface area contributed by atoms with Gasteiger partial charge in [0.25, 0.3) is 5.91 Å². The third-order valence-electron chi connectivity index (χ3n) is 2.34. The first-order valence-electron chi connectivity index (χ1n) is 5.12. The van der Waals surface area contributed by atoms with Crippen LogP contribution < -0.4 is 0 Å². The van der Waals surface area contributed by atoms with Crippen LogP contribution in [-0.2, 0) is 9.84 Å². The quantitative estimate of drug-likeness (QED) is 0.899. The molecule has 0 bridgehead atoms. The van der Waals surface area contributed by atoms with E-state index in [0.29, 0.717) is 10.0 Å². The van der Waals surface area contributed by atoms with E-state index < -0.39 is 9.84 Å². The minimum Gasteiger partial charge on any atom is -0.507 e. The Morgan fingerprint density at radius 3 is 2.56 bits per heavy atom. The van der Waals surface area contributed by atoms with Gasteiger partial charge in [0.1, 0.15) is 15.6 Å². The molecule has 0 atom stereocenters. The van der Waals surface area contributed by atoms with Crippen molar-refractivity contribution in [2.75, 3.05) is 25.6 Å². The van der Waals surface area contributed by atoms with Gasteiger partial charge in [-0.1, -0.05) is 0 Å². The SMILES string of the molecule is CN(CCS(C)(=O)=O)C(=O)c1ccc(Br)c(O)c1. The molecule has 0 aliphatic rings. The third kappa shape index (κ3) is 4.30. The van der Waals surface area contributed by atoms with E-state index >= 15 is 0 Å². The molecular formula is C11H14BrNO4S. The van der Waals surface area contributed by atoms with Crippen molar-refractivity contribution in [3.05, 3.63) is 28.2 Å². The van der Waals surface area contributed by atoms with Gasteiger partial charge in [0.2, 0.25) is 0 Å². The number of sulfone groups is 1. The summed E-state index contributed by atoms with van der Waals surface area (Å²) in [7, 11) is -1.58. The molecule has 5 nitrogen and oxygen atoms in total. The van der Waals surface area contributed by atoms with Crippen LogP contribution in [0.3, 0.4) is 0 Å². The van der Waals surface area contributed by atoms with Crippen LogP contribution in [0.15, 0.2) is 22.7 Å². The Morgan fingerprint density at radius 2 is 2.06 bits per heavy atom. The Labute approximate surface area is 114 Å². The Kier molecular flexibility index (Phi) is 4.75.